The molecule has 1 aliphatic rings. The summed E-state index contributed by atoms with van der Waals surface area (Å²) in [5.41, 5.74) is 0.992. The van der Waals surface area contributed by atoms with Crippen molar-refractivity contribution in [3.63, 3.8) is 0 Å². The van der Waals surface area contributed by atoms with E-state index in [1.54, 1.807) is 6.20 Å². The molecule has 1 N–H and O–H groups in total. The summed E-state index contributed by atoms with van der Waals surface area (Å²) in [7, 11) is 0. The van der Waals surface area contributed by atoms with Crippen LogP contribution in [0.25, 0.3) is 0 Å². The van der Waals surface area contributed by atoms with Crippen LogP contribution in [0, 0.1) is 5.92 Å². The van der Waals surface area contributed by atoms with Crippen LogP contribution in [0.1, 0.15) is 25.7 Å². The molecule has 5 heteroatoms. The van der Waals surface area contributed by atoms with Crippen molar-refractivity contribution in [1.82, 2.24) is 4.98 Å². The standard InChI is InChI=1S/C18H19ClN2OS/c19-14-6-8-15(9-7-14)21-18(23)13-4-10-16(11-5-13)22-17-3-1-2-12-20-17/h1-3,6-9,12-13,16H,4-5,10-11H2,(H,21,23)/t13-,16-. The lowest BCUT2D eigenvalue weighted by atomic mass is 9.87. The third-order valence-corrected chi connectivity index (χ3v) is 4.77. The summed E-state index contributed by atoms with van der Waals surface area (Å²) in [6, 6.07) is 13.4. The van der Waals surface area contributed by atoms with E-state index in [2.05, 4.69) is 10.3 Å². The normalized spacial score (nSPS) is 20.7. The Bertz CT molecular complexity index is 640. The topological polar surface area (TPSA) is 34.1 Å². The lowest BCUT2D eigenvalue weighted by Crippen LogP contribution is -2.30. The number of aromatic nitrogens is 1. The highest BCUT2D eigenvalue weighted by Crippen LogP contribution is 2.28. The Labute approximate surface area is 147 Å². The number of thiocarbonyl (C=S) groups is 1. The van der Waals surface area contributed by atoms with Crippen molar-refractivity contribution >= 4 is 34.5 Å². The minimum atomic E-state index is 0.236. The number of rotatable bonds is 4. The molecule has 23 heavy (non-hydrogen) atoms. The number of nitrogens with zero attached hydrogens (tertiary/aromatic N) is 1. The van der Waals surface area contributed by atoms with Crippen LogP contribution in [0.5, 0.6) is 5.88 Å². The molecule has 0 radical (unpaired) electrons. The molecule has 120 valence electrons. The highest BCUT2D eigenvalue weighted by Gasteiger charge is 2.25. The molecule has 1 aromatic heterocycles. The van der Waals surface area contributed by atoms with Crippen molar-refractivity contribution in [1.29, 1.82) is 0 Å². The molecule has 3 rings (SSSR count). The molecule has 0 bridgehead atoms. The molecule has 1 saturated carbocycles. The van der Waals surface area contributed by atoms with E-state index in [-0.39, 0.29) is 6.10 Å². The van der Waals surface area contributed by atoms with Gasteiger partial charge in [0.15, 0.2) is 0 Å². The summed E-state index contributed by atoms with van der Waals surface area (Å²) in [5, 5.41) is 4.05. The lowest BCUT2D eigenvalue weighted by molar-refractivity contribution is 0.139. The van der Waals surface area contributed by atoms with Gasteiger partial charge in [0.05, 0.1) is 4.99 Å². The summed E-state index contributed by atoms with van der Waals surface area (Å²) < 4.78 is 5.93. The number of hydrogen-bond acceptors (Lipinski definition) is 3. The SMILES string of the molecule is S=C(Nc1ccc(Cl)cc1)[C@H]1CC[C@H](Oc2ccccn2)CC1. The number of benzene rings is 1. The Kier molecular flexibility index (Phi) is 5.47. The van der Waals surface area contributed by atoms with Crippen molar-refractivity contribution in [3.8, 4) is 5.88 Å². The van der Waals surface area contributed by atoms with E-state index < -0.39 is 0 Å². The highest BCUT2D eigenvalue weighted by molar-refractivity contribution is 7.80. The Morgan fingerprint density at radius 3 is 2.48 bits per heavy atom. The maximum absolute atomic E-state index is 5.93. The van der Waals surface area contributed by atoms with Gasteiger partial charge in [0, 0.05) is 28.9 Å². The van der Waals surface area contributed by atoms with Gasteiger partial charge in [-0.15, -0.1) is 0 Å². The van der Waals surface area contributed by atoms with E-state index in [0.717, 1.165) is 41.4 Å². The first-order valence-electron chi connectivity index (χ1n) is 7.85. The molecule has 2 aromatic rings. The number of halogens is 1. The third kappa shape index (κ3) is 4.66. The quantitative estimate of drug-likeness (QED) is 0.780. The average molecular weight is 347 g/mol. The number of anilines is 1. The summed E-state index contributed by atoms with van der Waals surface area (Å²) in [5.74, 6) is 1.11. The van der Waals surface area contributed by atoms with Crippen LogP contribution < -0.4 is 10.1 Å². The van der Waals surface area contributed by atoms with E-state index in [9.17, 15) is 0 Å². The lowest BCUT2D eigenvalue weighted by Gasteiger charge is -2.29. The number of ether oxygens (including phenoxy) is 1. The monoisotopic (exact) mass is 346 g/mol. The predicted octanol–water partition coefficient (Wildman–Crippen LogP) is 5.11. The van der Waals surface area contributed by atoms with E-state index in [4.69, 9.17) is 28.6 Å². The van der Waals surface area contributed by atoms with Gasteiger partial charge in [0.1, 0.15) is 6.10 Å². The zero-order valence-electron chi connectivity index (χ0n) is 12.7. The van der Waals surface area contributed by atoms with Crippen LogP contribution in [0.4, 0.5) is 5.69 Å². The van der Waals surface area contributed by atoms with Crippen molar-refractivity contribution in [2.75, 3.05) is 5.32 Å². The van der Waals surface area contributed by atoms with Crippen LogP contribution in [0.2, 0.25) is 5.02 Å². The first-order chi connectivity index (χ1) is 11.2. The van der Waals surface area contributed by atoms with E-state index in [0.29, 0.717) is 11.8 Å². The minimum Gasteiger partial charge on any atom is -0.474 e. The van der Waals surface area contributed by atoms with Crippen molar-refractivity contribution < 1.29 is 4.74 Å². The van der Waals surface area contributed by atoms with Gasteiger partial charge in [-0.3, -0.25) is 0 Å². The molecular formula is C18H19ClN2OS. The van der Waals surface area contributed by atoms with Crippen molar-refractivity contribution in [3.05, 3.63) is 53.7 Å². The van der Waals surface area contributed by atoms with Crippen LogP contribution in [-0.2, 0) is 0 Å². The molecule has 0 spiro atoms. The first kappa shape index (κ1) is 16.2. The molecule has 0 atom stereocenters. The maximum atomic E-state index is 5.93. The fourth-order valence-electron chi connectivity index (χ4n) is 2.81. The fraction of sp³-hybridized carbons (Fsp3) is 0.333. The van der Waals surface area contributed by atoms with Gasteiger partial charge in [-0.1, -0.05) is 29.9 Å². The summed E-state index contributed by atoms with van der Waals surface area (Å²) in [4.78, 5) is 5.12. The Balaban J connectivity index is 1.48. The molecule has 1 aliphatic carbocycles. The Morgan fingerprint density at radius 1 is 1.09 bits per heavy atom. The summed E-state index contributed by atoms with van der Waals surface area (Å²) >= 11 is 11.5. The number of nitrogens with one attached hydrogen (secondary N) is 1. The molecular weight excluding hydrogens is 328 g/mol. The molecule has 0 amide bonds. The molecule has 1 aromatic carbocycles. The van der Waals surface area contributed by atoms with Crippen LogP contribution in [-0.4, -0.2) is 16.1 Å². The summed E-state index contributed by atoms with van der Waals surface area (Å²) in [6.45, 7) is 0. The van der Waals surface area contributed by atoms with E-state index in [1.165, 1.54) is 0 Å². The predicted molar refractivity (Wildman–Crippen MR) is 98.3 cm³/mol. The number of pyridine rings is 1. The molecule has 3 nitrogen and oxygen atoms in total. The van der Waals surface area contributed by atoms with E-state index >= 15 is 0 Å². The smallest absolute Gasteiger partial charge is 0.213 e. The van der Waals surface area contributed by atoms with Crippen molar-refractivity contribution in [2.45, 2.75) is 31.8 Å². The second-order valence-electron chi connectivity index (χ2n) is 5.76. The molecule has 0 saturated heterocycles. The van der Waals surface area contributed by atoms with Crippen molar-refractivity contribution in [2.24, 2.45) is 5.92 Å². The van der Waals surface area contributed by atoms with Gasteiger partial charge in [0.2, 0.25) is 5.88 Å². The second kappa shape index (κ2) is 7.75. The van der Waals surface area contributed by atoms with E-state index in [1.807, 2.05) is 42.5 Å². The third-order valence-electron chi connectivity index (χ3n) is 4.08. The van der Waals surface area contributed by atoms with Gasteiger partial charge in [0.25, 0.3) is 0 Å². The highest BCUT2D eigenvalue weighted by atomic mass is 35.5. The maximum Gasteiger partial charge on any atom is 0.213 e. The largest absolute Gasteiger partial charge is 0.474 e. The van der Waals surface area contributed by atoms with Gasteiger partial charge in [-0.05, 0) is 56.0 Å². The van der Waals surface area contributed by atoms with Gasteiger partial charge >= 0.3 is 0 Å². The van der Waals surface area contributed by atoms with Gasteiger partial charge in [-0.2, -0.15) is 0 Å². The summed E-state index contributed by atoms with van der Waals surface area (Å²) in [6.07, 6.45) is 6.08. The zero-order chi connectivity index (χ0) is 16.1. The minimum absolute atomic E-state index is 0.236. The Hall–Kier alpha value is -1.65. The molecule has 1 fully saturated rings. The first-order valence-corrected chi connectivity index (χ1v) is 8.63. The average Bonchev–Trinajstić information content (AvgIpc) is 2.58. The molecule has 0 unspecified atom stereocenters. The fourth-order valence-corrected chi connectivity index (χ4v) is 3.29. The number of hydrogen-bond donors (Lipinski definition) is 1. The Morgan fingerprint density at radius 2 is 1.83 bits per heavy atom. The zero-order valence-corrected chi connectivity index (χ0v) is 14.3. The second-order valence-corrected chi connectivity index (χ2v) is 6.63. The van der Waals surface area contributed by atoms with Gasteiger partial charge < -0.3 is 10.1 Å². The van der Waals surface area contributed by atoms with Gasteiger partial charge in [-0.25, -0.2) is 4.98 Å². The van der Waals surface area contributed by atoms with Crippen LogP contribution in [0.15, 0.2) is 48.7 Å². The van der Waals surface area contributed by atoms with Crippen LogP contribution in [0.3, 0.4) is 0 Å². The van der Waals surface area contributed by atoms with Crippen LogP contribution >= 0.6 is 23.8 Å². The molecule has 0 aliphatic heterocycles. The molecule has 1 heterocycles.